The minimum absolute atomic E-state index is 0. The first kappa shape index (κ1) is 15.5. The van der Waals surface area contributed by atoms with Gasteiger partial charge in [-0.15, -0.1) is 22.6 Å². The van der Waals surface area contributed by atoms with Crippen LogP contribution in [0.1, 0.15) is 0 Å². The molecule has 0 aliphatic rings. The van der Waals surface area contributed by atoms with Crippen molar-refractivity contribution in [3.63, 3.8) is 0 Å². The second-order valence-electron chi connectivity index (χ2n) is 3.38. The third-order valence-corrected chi connectivity index (χ3v) is 3.89. The number of benzene rings is 1. The lowest BCUT2D eigenvalue weighted by Crippen LogP contribution is -2.21. The molecule has 0 saturated heterocycles. The average molecular weight is 318 g/mol. The van der Waals surface area contributed by atoms with E-state index in [9.17, 15) is 4.21 Å². The standard InChI is InChI=1S/C10H11N5OS2.ClH/c1-18(16)7-5-3-2-4-6(7)8-14-15-10(17-8)13-9(11)12;/h2-5H,1H3,(H4,11,12,13,15);1H. The van der Waals surface area contributed by atoms with E-state index in [1.165, 1.54) is 11.3 Å². The Kier molecular flexibility index (Phi) is 5.40. The van der Waals surface area contributed by atoms with Crippen LogP contribution >= 0.6 is 23.7 Å². The number of guanidine groups is 1. The molecule has 1 heterocycles. The monoisotopic (exact) mass is 317 g/mol. The van der Waals surface area contributed by atoms with Gasteiger partial charge in [-0.05, 0) is 6.07 Å². The Bertz CT molecular complexity index is 624. The maximum absolute atomic E-state index is 11.6. The Labute approximate surface area is 122 Å². The van der Waals surface area contributed by atoms with Gasteiger partial charge in [-0.25, -0.2) is 0 Å². The summed E-state index contributed by atoms with van der Waals surface area (Å²) in [4.78, 5) is 4.53. The summed E-state index contributed by atoms with van der Waals surface area (Å²) in [6.45, 7) is 0. The van der Waals surface area contributed by atoms with Gasteiger partial charge in [-0.3, -0.25) is 4.21 Å². The van der Waals surface area contributed by atoms with E-state index in [1.807, 2.05) is 18.2 Å². The van der Waals surface area contributed by atoms with Crippen molar-refractivity contribution < 1.29 is 4.21 Å². The lowest BCUT2D eigenvalue weighted by Gasteiger charge is -2.02. The summed E-state index contributed by atoms with van der Waals surface area (Å²) >= 11 is 1.24. The smallest absolute Gasteiger partial charge is 0.235 e. The minimum Gasteiger partial charge on any atom is -0.370 e. The zero-order chi connectivity index (χ0) is 13.1. The first-order chi connectivity index (χ1) is 8.58. The van der Waals surface area contributed by atoms with Gasteiger partial charge >= 0.3 is 0 Å². The van der Waals surface area contributed by atoms with Crippen molar-refractivity contribution in [1.29, 1.82) is 0 Å². The lowest BCUT2D eigenvalue weighted by atomic mass is 10.2. The zero-order valence-corrected chi connectivity index (χ0v) is 12.4. The number of nitrogens with two attached hydrogens (primary N) is 2. The van der Waals surface area contributed by atoms with E-state index in [2.05, 4.69) is 15.2 Å². The topological polar surface area (TPSA) is 107 Å². The molecule has 1 atom stereocenters. The molecule has 0 spiro atoms. The number of hydrogen-bond donors (Lipinski definition) is 2. The summed E-state index contributed by atoms with van der Waals surface area (Å²) in [5.41, 5.74) is 11.3. The summed E-state index contributed by atoms with van der Waals surface area (Å²) in [5.74, 6) is -0.0648. The third-order valence-electron chi connectivity index (χ3n) is 2.07. The maximum atomic E-state index is 11.6. The molecule has 1 aromatic heterocycles. The van der Waals surface area contributed by atoms with Crippen molar-refractivity contribution in [2.45, 2.75) is 4.90 Å². The van der Waals surface area contributed by atoms with Crippen molar-refractivity contribution in [3.8, 4) is 10.6 Å². The van der Waals surface area contributed by atoms with Crippen LogP contribution in [0.5, 0.6) is 0 Å². The van der Waals surface area contributed by atoms with Crippen LogP contribution in [0.2, 0.25) is 0 Å². The first-order valence-corrected chi connectivity index (χ1v) is 7.31. The average Bonchev–Trinajstić information content (AvgIpc) is 2.76. The Hall–Kier alpha value is -1.51. The van der Waals surface area contributed by atoms with E-state index in [0.717, 1.165) is 5.56 Å². The molecule has 0 saturated carbocycles. The van der Waals surface area contributed by atoms with E-state index in [1.54, 1.807) is 12.3 Å². The molecule has 1 aromatic carbocycles. The zero-order valence-electron chi connectivity index (χ0n) is 9.94. The minimum atomic E-state index is -1.09. The highest BCUT2D eigenvalue weighted by Gasteiger charge is 2.12. The molecule has 0 aliphatic heterocycles. The van der Waals surface area contributed by atoms with Crippen molar-refractivity contribution in [3.05, 3.63) is 24.3 Å². The molecule has 0 aliphatic carbocycles. The van der Waals surface area contributed by atoms with Gasteiger partial charge in [0.15, 0.2) is 11.0 Å². The van der Waals surface area contributed by atoms with E-state index < -0.39 is 10.8 Å². The largest absolute Gasteiger partial charge is 0.370 e. The van der Waals surface area contributed by atoms with E-state index >= 15 is 0 Å². The molecular weight excluding hydrogens is 306 g/mol. The van der Waals surface area contributed by atoms with E-state index in [-0.39, 0.29) is 18.4 Å². The Morgan fingerprint density at radius 3 is 2.63 bits per heavy atom. The van der Waals surface area contributed by atoms with Crippen LogP contribution in [0.25, 0.3) is 10.6 Å². The Balaban J connectivity index is 0.00000180. The maximum Gasteiger partial charge on any atom is 0.235 e. The highest BCUT2D eigenvalue weighted by molar-refractivity contribution is 7.84. The molecular formula is C10H12ClN5OS2. The fourth-order valence-corrected chi connectivity index (χ4v) is 2.96. The third kappa shape index (κ3) is 3.72. The van der Waals surface area contributed by atoms with E-state index in [4.69, 9.17) is 11.5 Å². The van der Waals surface area contributed by atoms with Crippen molar-refractivity contribution in [1.82, 2.24) is 10.2 Å². The fourth-order valence-electron chi connectivity index (χ4n) is 1.37. The summed E-state index contributed by atoms with van der Waals surface area (Å²) in [5, 5.41) is 8.87. The lowest BCUT2D eigenvalue weighted by molar-refractivity contribution is 0.687. The predicted octanol–water partition coefficient (Wildman–Crippen LogP) is 1.27. The van der Waals surface area contributed by atoms with Crippen LogP contribution in [0.3, 0.4) is 0 Å². The molecule has 0 radical (unpaired) electrons. The SMILES string of the molecule is CS(=O)c1ccccc1-c1nnc(N=C(N)N)s1.Cl. The molecule has 2 aromatic rings. The number of aromatic nitrogens is 2. The molecule has 102 valence electrons. The number of halogens is 1. The quantitative estimate of drug-likeness (QED) is 0.654. The van der Waals surface area contributed by atoms with Crippen molar-refractivity contribution >= 4 is 45.6 Å². The van der Waals surface area contributed by atoms with Crippen LogP contribution in [0, 0.1) is 0 Å². The van der Waals surface area contributed by atoms with Gasteiger partial charge in [0.1, 0.15) is 0 Å². The van der Waals surface area contributed by atoms with Gasteiger partial charge in [-0.2, -0.15) is 4.99 Å². The van der Waals surface area contributed by atoms with Crippen LogP contribution in [-0.2, 0) is 10.8 Å². The fraction of sp³-hybridized carbons (Fsp3) is 0.100. The van der Waals surface area contributed by atoms with Crippen molar-refractivity contribution in [2.75, 3.05) is 6.26 Å². The van der Waals surface area contributed by atoms with Crippen molar-refractivity contribution in [2.24, 2.45) is 16.5 Å². The molecule has 0 bridgehead atoms. The highest BCUT2D eigenvalue weighted by atomic mass is 35.5. The molecule has 1 unspecified atom stereocenters. The highest BCUT2D eigenvalue weighted by Crippen LogP contribution is 2.31. The molecule has 2 rings (SSSR count). The van der Waals surface area contributed by atoms with Gasteiger partial charge < -0.3 is 11.5 Å². The molecule has 19 heavy (non-hydrogen) atoms. The summed E-state index contributed by atoms with van der Waals surface area (Å²) in [6, 6.07) is 7.33. The molecule has 9 heteroatoms. The van der Waals surface area contributed by atoms with Gasteiger partial charge in [0.25, 0.3) is 0 Å². The molecule has 6 nitrogen and oxygen atoms in total. The molecule has 0 amide bonds. The number of hydrogen-bond acceptors (Lipinski definition) is 5. The normalized spacial score (nSPS) is 11.4. The Morgan fingerprint density at radius 1 is 1.32 bits per heavy atom. The number of rotatable bonds is 3. The second-order valence-corrected chi connectivity index (χ2v) is 5.68. The van der Waals surface area contributed by atoms with Crippen LogP contribution in [0.15, 0.2) is 34.2 Å². The van der Waals surface area contributed by atoms with Gasteiger partial charge in [0.05, 0.1) is 10.8 Å². The number of aliphatic imine (C=N–C) groups is 1. The predicted molar refractivity (Wildman–Crippen MR) is 80.4 cm³/mol. The Morgan fingerprint density at radius 2 is 2.00 bits per heavy atom. The first-order valence-electron chi connectivity index (χ1n) is 4.94. The summed E-state index contributed by atoms with van der Waals surface area (Å²) in [6.07, 6.45) is 1.62. The van der Waals surface area contributed by atoms with Gasteiger partial charge in [0.2, 0.25) is 5.13 Å². The molecule has 4 N–H and O–H groups in total. The van der Waals surface area contributed by atoms with E-state index in [0.29, 0.717) is 15.0 Å². The van der Waals surface area contributed by atoms with Gasteiger partial charge in [-0.1, -0.05) is 29.5 Å². The summed E-state index contributed by atoms with van der Waals surface area (Å²) in [7, 11) is -1.09. The van der Waals surface area contributed by atoms with Crippen LogP contribution in [-0.4, -0.2) is 26.6 Å². The van der Waals surface area contributed by atoms with Gasteiger partial charge in [0, 0.05) is 16.7 Å². The second kappa shape index (κ2) is 6.60. The van der Waals surface area contributed by atoms with Crippen LogP contribution < -0.4 is 11.5 Å². The number of nitrogens with zero attached hydrogens (tertiary/aromatic N) is 3. The summed E-state index contributed by atoms with van der Waals surface area (Å²) < 4.78 is 11.6. The van der Waals surface area contributed by atoms with Crippen LogP contribution in [0.4, 0.5) is 5.13 Å². The molecule has 0 fully saturated rings.